The molecule has 1 aliphatic carbocycles. The fraction of sp³-hybridized carbons (Fsp3) is 0.750. The van der Waals surface area contributed by atoms with Crippen molar-refractivity contribution in [2.24, 2.45) is 5.92 Å². The number of carbonyl (C=O) groups is 1. The van der Waals surface area contributed by atoms with E-state index in [4.69, 9.17) is 9.47 Å². The van der Waals surface area contributed by atoms with Gasteiger partial charge in [0, 0.05) is 13.0 Å². The van der Waals surface area contributed by atoms with Gasteiger partial charge < -0.3 is 24.8 Å². The highest BCUT2D eigenvalue weighted by atomic mass is 16.6. The van der Waals surface area contributed by atoms with Gasteiger partial charge in [-0.15, -0.1) is 0 Å². The first-order valence-electron chi connectivity index (χ1n) is 13.5. The number of likely N-dealkylation sites (tertiary alicyclic amines) is 1. The lowest BCUT2D eigenvalue weighted by molar-refractivity contribution is -0.121. The van der Waals surface area contributed by atoms with Crippen LogP contribution in [0.2, 0.25) is 0 Å². The van der Waals surface area contributed by atoms with Gasteiger partial charge in [-0.1, -0.05) is 31.7 Å². The molecule has 6 nitrogen and oxygen atoms in total. The molecule has 6 heteroatoms. The summed E-state index contributed by atoms with van der Waals surface area (Å²) in [5.41, 5.74) is 0.612. The van der Waals surface area contributed by atoms with Crippen molar-refractivity contribution in [3.05, 3.63) is 23.8 Å². The second-order valence-electron chi connectivity index (χ2n) is 10.5. The third-order valence-electron chi connectivity index (χ3n) is 7.49. The quantitative estimate of drug-likeness (QED) is 0.480. The van der Waals surface area contributed by atoms with Crippen LogP contribution in [0.25, 0.3) is 0 Å². The Labute approximate surface area is 206 Å². The van der Waals surface area contributed by atoms with E-state index in [2.05, 4.69) is 17.3 Å². The van der Waals surface area contributed by atoms with Crippen LogP contribution in [0.1, 0.15) is 83.1 Å². The number of hydrogen-bond acceptors (Lipinski definition) is 5. The van der Waals surface area contributed by atoms with E-state index in [0.717, 1.165) is 49.2 Å². The molecule has 0 bridgehead atoms. The van der Waals surface area contributed by atoms with Gasteiger partial charge >= 0.3 is 0 Å². The number of rotatable bonds is 10. The number of unbranched alkanes of at least 4 members (excludes halogenated alkanes) is 2. The van der Waals surface area contributed by atoms with Gasteiger partial charge in [0.15, 0.2) is 11.5 Å². The molecular weight excluding hydrogens is 428 g/mol. The lowest BCUT2D eigenvalue weighted by Gasteiger charge is -2.30. The Kier molecular flexibility index (Phi) is 11.0. The predicted octanol–water partition coefficient (Wildman–Crippen LogP) is 4.72. The summed E-state index contributed by atoms with van der Waals surface area (Å²) >= 11 is 0. The van der Waals surface area contributed by atoms with Crippen molar-refractivity contribution in [2.45, 2.75) is 89.6 Å². The molecule has 1 saturated heterocycles. The van der Waals surface area contributed by atoms with Gasteiger partial charge in [-0.05, 0) is 95.6 Å². The minimum absolute atomic E-state index is 0.111. The standard InChI is InChI=1S/C23H35NO4.C5H11N/c1-23(26,19-7-4-5-8-19)13-6-2-3-9-22(25)24-14-12-18-10-11-20-21(17-18)28-16-15-27-20;1-6-4-2-3-5-6/h10-11,17,19,26H,2-9,12-16H2,1H3,(H,24,25);2-5H2,1H3. The fourth-order valence-electron chi connectivity index (χ4n) is 5.25. The monoisotopic (exact) mass is 474 g/mol. The lowest BCUT2D eigenvalue weighted by atomic mass is 9.83. The number of ether oxygens (including phenoxy) is 2. The molecule has 1 saturated carbocycles. The number of nitrogens with zero attached hydrogens (tertiary/aromatic N) is 1. The molecule has 2 N–H and O–H groups in total. The zero-order valence-electron chi connectivity index (χ0n) is 21.4. The molecule has 0 spiro atoms. The minimum Gasteiger partial charge on any atom is -0.486 e. The summed E-state index contributed by atoms with van der Waals surface area (Å²) in [4.78, 5) is 14.4. The maximum atomic E-state index is 12.0. The highest BCUT2D eigenvalue weighted by Crippen LogP contribution is 2.36. The summed E-state index contributed by atoms with van der Waals surface area (Å²) < 4.78 is 11.1. The Morgan fingerprint density at radius 3 is 2.44 bits per heavy atom. The normalized spacial score (nSPS) is 19.9. The van der Waals surface area contributed by atoms with Gasteiger partial charge in [0.2, 0.25) is 5.91 Å². The molecule has 4 rings (SSSR count). The number of amides is 1. The van der Waals surface area contributed by atoms with E-state index in [0.29, 0.717) is 32.1 Å². The first-order chi connectivity index (χ1) is 16.4. The maximum Gasteiger partial charge on any atom is 0.220 e. The predicted molar refractivity (Wildman–Crippen MR) is 137 cm³/mol. The number of nitrogens with one attached hydrogen (secondary N) is 1. The summed E-state index contributed by atoms with van der Waals surface area (Å²) in [6.45, 7) is 6.45. The lowest BCUT2D eigenvalue weighted by Crippen LogP contribution is -2.32. The molecule has 2 fully saturated rings. The van der Waals surface area contributed by atoms with Crippen molar-refractivity contribution in [1.82, 2.24) is 10.2 Å². The van der Waals surface area contributed by atoms with Gasteiger partial charge in [0.25, 0.3) is 0 Å². The second-order valence-corrected chi connectivity index (χ2v) is 10.5. The molecule has 0 radical (unpaired) electrons. The van der Waals surface area contributed by atoms with E-state index in [1.165, 1.54) is 51.6 Å². The number of benzene rings is 1. The molecule has 1 atom stereocenters. The maximum absolute atomic E-state index is 12.0. The van der Waals surface area contributed by atoms with E-state index in [1.54, 1.807) is 0 Å². The van der Waals surface area contributed by atoms with Crippen LogP contribution in [0, 0.1) is 5.92 Å². The third kappa shape index (κ3) is 9.10. The Bertz CT molecular complexity index is 740. The molecule has 3 aliphatic rings. The molecule has 2 aliphatic heterocycles. The molecule has 1 amide bonds. The van der Waals surface area contributed by atoms with Crippen molar-refractivity contribution in [3.8, 4) is 11.5 Å². The van der Waals surface area contributed by atoms with Crippen molar-refractivity contribution in [1.29, 1.82) is 0 Å². The Balaban J connectivity index is 0.000000469. The summed E-state index contributed by atoms with van der Waals surface area (Å²) in [7, 11) is 2.17. The van der Waals surface area contributed by atoms with Crippen LogP contribution >= 0.6 is 0 Å². The highest BCUT2D eigenvalue weighted by molar-refractivity contribution is 5.75. The smallest absolute Gasteiger partial charge is 0.220 e. The summed E-state index contributed by atoms with van der Waals surface area (Å²) in [5.74, 6) is 2.17. The number of carbonyl (C=O) groups excluding carboxylic acids is 1. The first kappa shape index (κ1) is 26.8. The SMILES string of the molecule is CC(O)(CCCCCC(=O)NCCc1ccc2c(c1)OCCO2)C1CCCC1.CN1CCCC1. The van der Waals surface area contributed by atoms with Crippen LogP contribution in [0.3, 0.4) is 0 Å². The molecule has 34 heavy (non-hydrogen) atoms. The summed E-state index contributed by atoms with van der Waals surface area (Å²) in [5, 5.41) is 13.6. The molecule has 1 aromatic carbocycles. The van der Waals surface area contributed by atoms with Crippen molar-refractivity contribution >= 4 is 5.91 Å². The zero-order valence-corrected chi connectivity index (χ0v) is 21.4. The van der Waals surface area contributed by atoms with Crippen LogP contribution in [-0.4, -0.2) is 61.4 Å². The number of aliphatic hydroxyl groups is 1. The Morgan fingerprint density at radius 2 is 1.76 bits per heavy atom. The van der Waals surface area contributed by atoms with Crippen LogP contribution in [0.4, 0.5) is 0 Å². The van der Waals surface area contributed by atoms with Gasteiger partial charge in [-0.3, -0.25) is 4.79 Å². The van der Waals surface area contributed by atoms with Crippen molar-refractivity contribution in [3.63, 3.8) is 0 Å². The second kappa shape index (κ2) is 13.9. The van der Waals surface area contributed by atoms with Gasteiger partial charge in [-0.2, -0.15) is 0 Å². The topological polar surface area (TPSA) is 71.0 Å². The van der Waals surface area contributed by atoms with Crippen LogP contribution in [0.5, 0.6) is 11.5 Å². The zero-order chi connectivity index (χ0) is 24.2. The van der Waals surface area contributed by atoms with Crippen LogP contribution in [0.15, 0.2) is 18.2 Å². The average Bonchev–Trinajstić information content (AvgIpc) is 3.54. The fourth-order valence-corrected chi connectivity index (χ4v) is 5.25. The minimum atomic E-state index is -0.525. The van der Waals surface area contributed by atoms with E-state index < -0.39 is 5.60 Å². The van der Waals surface area contributed by atoms with Crippen molar-refractivity contribution in [2.75, 3.05) is 39.9 Å². The van der Waals surface area contributed by atoms with Gasteiger partial charge in [0.05, 0.1) is 5.60 Å². The van der Waals surface area contributed by atoms with Crippen LogP contribution in [-0.2, 0) is 11.2 Å². The molecule has 0 aromatic heterocycles. The largest absolute Gasteiger partial charge is 0.486 e. The molecule has 1 aromatic rings. The van der Waals surface area contributed by atoms with E-state index in [-0.39, 0.29) is 5.91 Å². The molecule has 192 valence electrons. The Hall–Kier alpha value is -1.79. The van der Waals surface area contributed by atoms with Crippen LogP contribution < -0.4 is 14.8 Å². The molecule has 1 unspecified atom stereocenters. The summed E-state index contributed by atoms with van der Waals surface area (Å²) in [6, 6.07) is 5.96. The summed E-state index contributed by atoms with van der Waals surface area (Å²) in [6.07, 6.45) is 12.7. The molecule has 2 heterocycles. The third-order valence-corrected chi connectivity index (χ3v) is 7.49. The van der Waals surface area contributed by atoms with Gasteiger partial charge in [0.1, 0.15) is 13.2 Å². The number of hydrogen-bond donors (Lipinski definition) is 2. The number of fused-ring (bicyclic) bond motifs is 1. The van der Waals surface area contributed by atoms with Gasteiger partial charge in [-0.25, -0.2) is 0 Å². The van der Waals surface area contributed by atoms with E-state index in [9.17, 15) is 9.90 Å². The first-order valence-corrected chi connectivity index (χ1v) is 13.5. The van der Waals surface area contributed by atoms with E-state index in [1.807, 2.05) is 25.1 Å². The van der Waals surface area contributed by atoms with E-state index >= 15 is 0 Å². The highest BCUT2D eigenvalue weighted by Gasteiger charge is 2.33. The Morgan fingerprint density at radius 1 is 1.06 bits per heavy atom. The van der Waals surface area contributed by atoms with Crippen molar-refractivity contribution < 1.29 is 19.4 Å². The molecular formula is C28H46N2O4. The average molecular weight is 475 g/mol.